The molecular weight excluding hydrogens is 310 g/mol. The second-order valence-corrected chi connectivity index (χ2v) is 6.27. The minimum absolute atomic E-state index is 0.00338. The van der Waals surface area contributed by atoms with E-state index in [9.17, 15) is 18.0 Å². The number of sulfone groups is 1. The number of carboxylic acids is 1. The van der Waals surface area contributed by atoms with Gasteiger partial charge in [-0.15, -0.1) is 0 Å². The molecule has 0 atom stereocenters. The lowest BCUT2D eigenvalue weighted by atomic mass is 10.3. The van der Waals surface area contributed by atoms with Crippen molar-refractivity contribution in [1.29, 1.82) is 0 Å². The van der Waals surface area contributed by atoms with Crippen molar-refractivity contribution in [3.8, 4) is 0 Å². The lowest BCUT2D eigenvalue weighted by Crippen LogP contribution is -2.21. The number of carbonyl (C=O) groups is 2. The first kappa shape index (κ1) is 16.4. The quantitative estimate of drug-likeness (QED) is 0.801. The summed E-state index contributed by atoms with van der Waals surface area (Å²) in [5, 5.41) is 10.8. The zero-order valence-electron chi connectivity index (χ0n) is 10.4. The molecule has 0 aromatic heterocycles. The number of rotatable bonds is 6. The van der Waals surface area contributed by atoms with E-state index in [4.69, 9.17) is 16.7 Å². The molecule has 2 N–H and O–H groups in total. The fraction of sp³-hybridized carbons (Fsp3) is 0.273. The molecule has 1 aromatic rings. The van der Waals surface area contributed by atoms with Crippen molar-refractivity contribution in [2.24, 2.45) is 0 Å². The molecule has 0 radical (unpaired) electrons. The third-order valence-corrected chi connectivity index (χ3v) is 3.54. The second-order valence-electron chi connectivity index (χ2n) is 3.85. The SMILES string of the molecule is CS(=O)(=O)c1ccc(Cl)c(NC(=O)COCC(=O)O)c1. The smallest absolute Gasteiger partial charge is 0.329 e. The maximum Gasteiger partial charge on any atom is 0.329 e. The number of nitrogens with one attached hydrogen (secondary N) is 1. The molecule has 0 heterocycles. The molecule has 0 aliphatic rings. The van der Waals surface area contributed by atoms with Crippen molar-refractivity contribution in [1.82, 2.24) is 0 Å². The Bertz CT molecular complexity index is 628. The molecule has 0 spiro atoms. The highest BCUT2D eigenvalue weighted by molar-refractivity contribution is 7.90. The lowest BCUT2D eigenvalue weighted by molar-refractivity contribution is -0.143. The van der Waals surface area contributed by atoms with E-state index >= 15 is 0 Å². The fourth-order valence-electron chi connectivity index (χ4n) is 1.25. The minimum Gasteiger partial charge on any atom is -0.480 e. The molecule has 0 aliphatic heterocycles. The van der Waals surface area contributed by atoms with Gasteiger partial charge in [-0.05, 0) is 18.2 Å². The van der Waals surface area contributed by atoms with Crippen molar-refractivity contribution in [2.45, 2.75) is 4.90 Å². The molecular formula is C11H12ClNO6S. The van der Waals surface area contributed by atoms with Gasteiger partial charge in [-0.2, -0.15) is 0 Å². The van der Waals surface area contributed by atoms with Crippen LogP contribution in [0.2, 0.25) is 5.02 Å². The van der Waals surface area contributed by atoms with E-state index in [1.54, 1.807) is 0 Å². The van der Waals surface area contributed by atoms with Gasteiger partial charge in [0, 0.05) is 6.26 Å². The largest absolute Gasteiger partial charge is 0.480 e. The van der Waals surface area contributed by atoms with Crippen LogP contribution in [0.5, 0.6) is 0 Å². The molecule has 0 fully saturated rings. The first-order valence-corrected chi connectivity index (χ1v) is 7.56. The number of hydrogen-bond donors (Lipinski definition) is 2. The Kier molecular flexibility index (Phi) is 5.49. The lowest BCUT2D eigenvalue weighted by Gasteiger charge is -2.08. The van der Waals surface area contributed by atoms with E-state index in [-0.39, 0.29) is 15.6 Å². The van der Waals surface area contributed by atoms with Crippen molar-refractivity contribution in [3.05, 3.63) is 23.2 Å². The number of carboxylic acid groups (broad SMARTS) is 1. The highest BCUT2D eigenvalue weighted by Gasteiger charge is 2.12. The third kappa shape index (κ3) is 5.16. The Labute approximate surface area is 120 Å². The Balaban J connectivity index is 2.77. The van der Waals surface area contributed by atoms with Gasteiger partial charge in [0.1, 0.15) is 13.2 Å². The van der Waals surface area contributed by atoms with Gasteiger partial charge in [-0.25, -0.2) is 13.2 Å². The number of carbonyl (C=O) groups excluding carboxylic acids is 1. The van der Waals surface area contributed by atoms with Crippen molar-refractivity contribution in [3.63, 3.8) is 0 Å². The zero-order chi connectivity index (χ0) is 15.3. The van der Waals surface area contributed by atoms with Gasteiger partial charge in [0.2, 0.25) is 5.91 Å². The van der Waals surface area contributed by atoms with Crippen LogP contribution in [0.25, 0.3) is 0 Å². The van der Waals surface area contributed by atoms with Gasteiger partial charge < -0.3 is 15.2 Å². The predicted octanol–water partition coefficient (Wildman–Crippen LogP) is 0.783. The fourth-order valence-corrected chi connectivity index (χ4v) is 2.06. The van der Waals surface area contributed by atoms with E-state index in [2.05, 4.69) is 10.1 Å². The Morgan fingerprint density at radius 1 is 1.35 bits per heavy atom. The van der Waals surface area contributed by atoms with Gasteiger partial charge in [-0.3, -0.25) is 4.79 Å². The highest BCUT2D eigenvalue weighted by Crippen LogP contribution is 2.25. The van der Waals surface area contributed by atoms with Crippen molar-refractivity contribution < 1.29 is 27.9 Å². The molecule has 110 valence electrons. The summed E-state index contributed by atoms with van der Waals surface area (Å²) in [5.41, 5.74) is 0.110. The molecule has 20 heavy (non-hydrogen) atoms. The first-order valence-electron chi connectivity index (χ1n) is 5.29. The molecule has 1 aromatic carbocycles. The van der Waals surface area contributed by atoms with E-state index in [1.165, 1.54) is 18.2 Å². The van der Waals surface area contributed by atoms with Crippen LogP contribution in [-0.2, 0) is 24.2 Å². The maximum absolute atomic E-state index is 11.5. The van der Waals surface area contributed by atoms with Crippen LogP contribution in [0.15, 0.2) is 23.1 Å². The molecule has 0 saturated carbocycles. The molecule has 9 heteroatoms. The number of halogens is 1. The Hall–Kier alpha value is -1.64. The van der Waals surface area contributed by atoms with Crippen LogP contribution in [0.4, 0.5) is 5.69 Å². The topological polar surface area (TPSA) is 110 Å². The molecule has 0 bridgehead atoms. The van der Waals surface area contributed by atoms with E-state index < -0.39 is 34.9 Å². The van der Waals surface area contributed by atoms with E-state index in [0.29, 0.717) is 0 Å². The standard InChI is InChI=1S/C11H12ClNO6S/c1-20(17,18)7-2-3-8(12)9(4-7)13-10(14)5-19-6-11(15)16/h2-4H,5-6H2,1H3,(H,13,14)(H,15,16). The monoisotopic (exact) mass is 321 g/mol. The number of aliphatic carboxylic acids is 1. The third-order valence-electron chi connectivity index (χ3n) is 2.10. The number of anilines is 1. The Morgan fingerprint density at radius 3 is 2.55 bits per heavy atom. The molecule has 1 amide bonds. The molecule has 1 rings (SSSR count). The first-order chi connectivity index (χ1) is 9.20. The summed E-state index contributed by atoms with van der Waals surface area (Å²) in [6.45, 7) is -1.09. The van der Waals surface area contributed by atoms with Gasteiger partial charge in [0.05, 0.1) is 15.6 Å². The summed E-state index contributed by atoms with van der Waals surface area (Å²) in [7, 11) is -3.42. The van der Waals surface area contributed by atoms with Crippen LogP contribution in [0.3, 0.4) is 0 Å². The summed E-state index contributed by atoms with van der Waals surface area (Å²) in [6, 6.07) is 3.87. The summed E-state index contributed by atoms with van der Waals surface area (Å²) >= 11 is 5.83. The highest BCUT2D eigenvalue weighted by atomic mass is 35.5. The van der Waals surface area contributed by atoms with Crippen LogP contribution in [-0.4, -0.2) is 44.9 Å². The van der Waals surface area contributed by atoms with Gasteiger partial charge in [0.25, 0.3) is 0 Å². The summed E-state index contributed by atoms with van der Waals surface area (Å²) in [5.74, 6) is -1.84. The number of hydrogen-bond acceptors (Lipinski definition) is 5. The molecule has 7 nitrogen and oxygen atoms in total. The number of benzene rings is 1. The van der Waals surface area contributed by atoms with E-state index in [1.807, 2.05) is 0 Å². The van der Waals surface area contributed by atoms with Crippen LogP contribution in [0, 0.1) is 0 Å². The predicted molar refractivity (Wildman–Crippen MR) is 71.6 cm³/mol. The van der Waals surface area contributed by atoms with Crippen LogP contribution in [0.1, 0.15) is 0 Å². The number of amides is 1. The average Bonchev–Trinajstić information content (AvgIpc) is 2.30. The summed E-state index contributed by atoms with van der Waals surface area (Å²) < 4.78 is 27.4. The maximum atomic E-state index is 11.5. The van der Waals surface area contributed by atoms with Crippen molar-refractivity contribution >= 4 is 39.0 Å². The second kappa shape index (κ2) is 6.69. The minimum atomic E-state index is -3.42. The van der Waals surface area contributed by atoms with Gasteiger partial charge in [-0.1, -0.05) is 11.6 Å². The van der Waals surface area contributed by atoms with Gasteiger partial charge in [0.15, 0.2) is 9.84 Å². The molecule has 0 saturated heterocycles. The van der Waals surface area contributed by atoms with Crippen LogP contribution >= 0.6 is 11.6 Å². The van der Waals surface area contributed by atoms with Crippen molar-refractivity contribution in [2.75, 3.05) is 24.8 Å². The molecule has 0 aliphatic carbocycles. The van der Waals surface area contributed by atoms with E-state index in [0.717, 1.165) is 6.26 Å². The normalized spacial score (nSPS) is 11.1. The Morgan fingerprint density at radius 2 is 2.00 bits per heavy atom. The zero-order valence-corrected chi connectivity index (χ0v) is 12.0. The van der Waals surface area contributed by atoms with Gasteiger partial charge >= 0.3 is 5.97 Å². The summed E-state index contributed by atoms with van der Waals surface area (Å²) in [4.78, 5) is 21.7. The average molecular weight is 322 g/mol. The summed E-state index contributed by atoms with van der Waals surface area (Å²) in [6.07, 6.45) is 1.03. The molecule has 0 unspecified atom stereocenters. The van der Waals surface area contributed by atoms with Crippen LogP contribution < -0.4 is 5.32 Å². The number of ether oxygens (including phenoxy) is 1.